The average Bonchev–Trinajstić information content (AvgIpc) is 2.12. The van der Waals surface area contributed by atoms with Crippen LogP contribution in [-0.4, -0.2) is 45.1 Å². The van der Waals surface area contributed by atoms with E-state index < -0.39 is 30.3 Å². The Hall–Kier alpha value is -1.24. The summed E-state index contributed by atoms with van der Waals surface area (Å²) in [6.07, 6.45) is -0.618. The highest BCUT2D eigenvalue weighted by atomic mass is 32.2. The summed E-state index contributed by atoms with van der Waals surface area (Å²) in [4.78, 5) is 32.2. The van der Waals surface area contributed by atoms with Crippen LogP contribution in [0.4, 0.5) is 0 Å². The van der Waals surface area contributed by atoms with E-state index in [2.05, 4.69) is 5.32 Å². The number of carboxylic acids is 2. The van der Waals surface area contributed by atoms with Crippen molar-refractivity contribution in [3.05, 3.63) is 0 Å². The van der Waals surface area contributed by atoms with Gasteiger partial charge < -0.3 is 15.5 Å². The highest BCUT2D eigenvalue weighted by molar-refractivity contribution is 8.00. The number of nitrogens with one attached hydrogen (secondary N) is 1. The highest BCUT2D eigenvalue weighted by Gasteiger charge is 2.22. The van der Waals surface area contributed by atoms with E-state index in [9.17, 15) is 14.4 Å². The molecule has 1 atom stereocenters. The molecule has 0 radical (unpaired) electrons. The molecule has 0 aliphatic rings. The fourth-order valence-electron chi connectivity index (χ4n) is 0.853. The van der Waals surface area contributed by atoms with E-state index in [1.165, 1.54) is 11.8 Å². The van der Waals surface area contributed by atoms with Gasteiger partial charge in [0.2, 0.25) is 5.91 Å². The van der Waals surface area contributed by atoms with Crippen molar-refractivity contribution in [3.8, 4) is 0 Å². The van der Waals surface area contributed by atoms with E-state index >= 15 is 0 Å². The molecule has 0 saturated carbocycles. The summed E-state index contributed by atoms with van der Waals surface area (Å²) in [6, 6.07) is -1.36. The Kier molecular flexibility index (Phi) is 6.55. The lowest BCUT2D eigenvalue weighted by molar-refractivity contribution is -0.147. The number of hydrogen-bond acceptors (Lipinski definition) is 4. The Bertz CT molecular complexity index is 279. The molecule has 7 heteroatoms. The predicted molar refractivity (Wildman–Crippen MR) is 59.4 cm³/mol. The van der Waals surface area contributed by atoms with Crippen molar-refractivity contribution < 1.29 is 24.6 Å². The third-order valence-electron chi connectivity index (χ3n) is 1.56. The monoisotopic (exact) mass is 249 g/mol. The minimum atomic E-state index is -1.36. The van der Waals surface area contributed by atoms with Gasteiger partial charge in [-0.1, -0.05) is 13.8 Å². The fourth-order valence-corrected chi connectivity index (χ4v) is 1.42. The van der Waals surface area contributed by atoms with Crippen molar-refractivity contribution in [2.75, 3.05) is 5.75 Å². The SMILES string of the molecule is CC(C)SCC(=O)NC(CC(=O)O)C(=O)O. The second kappa shape index (κ2) is 7.10. The summed E-state index contributed by atoms with van der Waals surface area (Å²) in [5.74, 6) is -2.94. The van der Waals surface area contributed by atoms with Crippen molar-refractivity contribution in [3.63, 3.8) is 0 Å². The molecule has 0 fully saturated rings. The fraction of sp³-hybridized carbons (Fsp3) is 0.667. The zero-order valence-corrected chi connectivity index (χ0v) is 9.91. The first-order valence-electron chi connectivity index (χ1n) is 4.68. The van der Waals surface area contributed by atoms with Gasteiger partial charge in [0.1, 0.15) is 6.04 Å². The number of amides is 1. The van der Waals surface area contributed by atoms with E-state index in [0.717, 1.165) is 0 Å². The maximum atomic E-state index is 11.3. The number of rotatable bonds is 7. The average molecular weight is 249 g/mol. The zero-order valence-electron chi connectivity index (χ0n) is 9.10. The van der Waals surface area contributed by atoms with Gasteiger partial charge >= 0.3 is 11.9 Å². The van der Waals surface area contributed by atoms with Crippen molar-refractivity contribution in [2.24, 2.45) is 0 Å². The van der Waals surface area contributed by atoms with Gasteiger partial charge in [-0.25, -0.2) is 4.79 Å². The molecule has 0 spiro atoms. The Morgan fingerprint density at radius 1 is 1.25 bits per heavy atom. The molecule has 6 nitrogen and oxygen atoms in total. The summed E-state index contributed by atoms with van der Waals surface area (Å²) in [5, 5.41) is 19.5. The first-order valence-corrected chi connectivity index (χ1v) is 5.73. The van der Waals surface area contributed by atoms with Crippen LogP contribution in [-0.2, 0) is 14.4 Å². The molecule has 3 N–H and O–H groups in total. The molecule has 0 aliphatic heterocycles. The molecule has 1 unspecified atom stereocenters. The number of aliphatic carboxylic acids is 2. The van der Waals surface area contributed by atoms with Gasteiger partial charge in [-0.05, 0) is 5.25 Å². The van der Waals surface area contributed by atoms with Gasteiger partial charge in [0.05, 0.1) is 12.2 Å². The highest BCUT2D eigenvalue weighted by Crippen LogP contribution is 2.08. The number of hydrogen-bond donors (Lipinski definition) is 3. The van der Waals surface area contributed by atoms with E-state index in [1.807, 2.05) is 13.8 Å². The smallest absolute Gasteiger partial charge is 0.326 e. The van der Waals surface area contributed by atoms with Crippen LogP contribution in [0.1, 0.15) is 20.3 Å². The zero-order chi connectivity index (χ0) is 12.7. The van der Waals surface area contributed by atoms with Crippen molar-refractivity contribution >= 4 is 29.6 Å². The largest absolute Gasteiger partial charge is 0.481 e. The first kappa shape index (κ1) is 14.8. The second-order valence-corrected chi connectivity index (χ2v) is 4.98. The van der Waals surface area contributed by atoms with Crippen LogP contribution < -0.4 is 5.32 Å². The topological polar surface area (TPSA) is 104 Å². The Morgan fingerprint density at radius 2 is 1.81 bits per heavy atom. The molecule has 0 aromatic carbocycles. The molecule has 16 heavy (non-hydrogen) atoms. The molecular formula is C9H15NO5S. The molecule has 1 amide bonds. The van der Waals surface area contributed by atoms with Crippen molar-refractivity contribution in [1.29, 1.82) is 0 Å². The van der Waals surface area contributed by atoms with Crippen LogP contribution in [0.2, 0.25) is 0 Å². The van der Waals surface area contributed by atoms with Crippen LogP contribution in [0, 0.1) is 0 Å². The lowest BCUT2D eigenvalue weighted by atomic mass is 10.2. The quantitative estimate of drug-likeness (QED) is 0.594. The van der Waals surface area contributed by atoms with Gasteiger partial charge in [-0.3, -0.25) is 9.59 Å². The lowest BCUT2D eigenvalue weighted by Crippen LogP contribution is -2.43. The van der Waals surface area contributed by atoms with Crippen LogP contribution >= 0.6 is 11.8 Å². The van der Waals surface area contributed by atoms with E-state index in [4.69, 9.17) is 10.2 Å². The number of carbonyl (C=O) groups excluding carboxylic acids is 1. The normalized spacial score (nSPS) is 12.2. The maximum Gasteiger partial charge on any atom is 0.326 e. The molecule has 0 saturated heterocycles. The molecule has 0 heterocycles. The summed E-state index contributed by atoms with van der Waals surface area (Å²) < 4.78 is 0. The number of carboxylic acid groups (broad SMARTS) is 2. The van der Waals surface area contributed by atoms with E-state index in [0.29, 0.717) is 0 Å². The Morgan fingerprint density at radius 3 is 2.19 bits per heavy atom. The van der Waals surface area contributed by atoms with Gasteiger partial charge in [0, 0.05) is 0 Å². The summed E-state index contributed by atoms with van der Waals surface area (Å²) in [6.45, 7) is 3.81. The van der Waals surface area contributed by atoms with Crippen molar-refractivity contribution in [1.82, 2.24) is 5.32 Å². The van der Waals surface area contributed by atoms with Gasteiger partial charge in [-0.15, -0.1) is 11.8 Å². The van der Waals surface area contributed by atoms with E-state index in [1.54, 1.807) is 0 Å². The summed E-state index contributed by atoms with van der Waals surface area (Å²) >= 11 is 1.36. The molecule has 92 valence electrons. The number of thioether (sulfide) groups is 1. The minimum Gasteiger partial charge on any atom is -0.481 e. The van der Waals surface area contributed by atoms with Crippen LogP contribution in [0.15, 0.2) is 0 Å². The second-order valence-electron chi connectivity index (χ2n) is 3.42. The Labute approximate surface area is 97.4 Å². The molecular weight excluding hydrogens is 234 g/mol. The first-order chi connectivity index (χ1) is 7.32. The standard InChI is InChI=1S/C9H15NO5S/c1-5(2)16-4-7(11)10-6(9(14)15)3-8(12)13/h5-6H,3-4H2,1-2H3,(H,10,11)(H,12,13)(H,14,15). The van der Waals surface area contributed by atoms with Gasteiger partial charge in [0.15, 0.2) is 0 Å². The lowest BCUT2D eigenvalue weighted by Gasteiger charge is -2.12. The Balaban J connectivity index is 4.13. The minimum absolute atomic E-state index is 0.126. The van der Waals surface area contributed by atoms with Crippen LogP contribution in [0.5, 0.6) is 0 Å². The van der Waals surface area contributed by atoms with Gasteiger partial charge in [-0.2, -0.15) is 0 Å². The molecule has 0 aromatic heterocycles. The molecule has 0 bridgehead atoms. The van der Waals surface area contributed by atoms with Crippen molar-refractivity contribution in [2.45, 2.75) is 31.6 Å². The summed E-state index contributed by atoms with van der Waals surface area (Å²) in [7, 11) is 0. The van der Waals surface area contributed by atoms with Gasteiger partial charge in [0.25, 0.3) is 0 Å². The van der Waals surface area contributed by atoms with E-state index in [-0.39, 0.29) is 11.0 Å². The van der Waals surface area contributed by atoms with Crippen LogP contribution in [0.3, 0.4) is 0 Å². The number of carbonyl (C=O) groups is 3. The third kappa shape index (κ3) is 7.10. The summed E-state index contributed by atoms with van der Waals surface area (Å²) in [5.41, 5.74) is 0. The predicted octanol–water partition coefficient (Wildman–Crippen LogP) is 0.172. The third-order valence-corrected chi connectivity index (χ3v) is 2.66. The van der Waals surface area contributed by atoms with Crippen LogP contribution in [0.25, 0.3) is 0 Å². The molecule has 0 rings (SSSR count). The maximum absolute atomic E-state index is 11.3. The molecule has 0 aliphatic carbocycles. The molecule has 0 aromatic rings.